The molecule has 14 heavy (non-hydrogen) atoms. The van der Waals surface area contributed by atoms with Crippen LogP contribution >= 0.6 is 0 Å². The van der Waals surface area contributed by atoms with Crippen LogP contribution in [0, 0.1) is 0 Å². The smallest absolute Gasteiger partial charge is 0.317 e. The second kappa shape index (κ2) is 4.69. The van der Waals surface area contributed by atoms with Crippen LogP contribution in [0.15, 0.2) is 22.8 Å². The van der Waals surface area contributed by atoms with E-state index < -0.39 is 0 Å². The molecule has 4 heteroatoms. The summed E-state index contributed by atoms with van der Waals surface area (Å²) < 4.78 is 5.14. The van der Waals surface area contributed by atoms with E-state index in [1.54, 1.807) is 18.2 Å². The third-order valence-electron chi connectivity index (χ3n) is 1.73. The topological polar surface area (TPSA) is 45.5 Å². The van der Waals surface area contributed by atoms with Gasteiger partial charge in [-0.05, 0) is 26.0 Å². The fourth-order valence-electron chi connectivity index (χ4n) is 1.07. The van der Waals surface area contributed by atoms with Crippen molar-refractivity contribution in [1.82, 2.24) is 10.2 Å². The highest BCUT2D eigenvalue weighted by Gasteiger charge is 2.10. The van der Waals surface area contributed by atoms with Crippen LogP contribution in [0.25, 0.3) is 0 Å². The van der Waals surface area contributed by atoms with Gasteiger partial charge in [0.15, 0.2) is 0 Å². The Morgan fingerprint density at radius 3 is 2.86 bits per heavy atom. The zero-order chi connectivity index (χ0) is 10.6. The van der Waals surface area contributed by atoms with E-state index in [-0.39, 0.29) is 12.1 Å². The highest BCUT2D eigenvalue weighted by Crippen LogP contribution is 2.03. The summed E-state index contributed by atoms with van der Waals surface area (Å²) in [6.07, 6.45) is 1.60. The van der Waals surface area contributed by atoms with Crippen molar-refractivity contribution < 1.29 is 9.21 Å². The van der Waals surface area contributed by atoms with Gasteiger partial charge in [0.05, 0.1) is 12.8 Å². The van der Waals surface area contributed by atoms with Gasteiger partial charge in [0.1, 0.15) is 5.76 Å². The van der Waals surface area contributed by atoms with E-state index in [4.69, 9.17) is 4.42 Å². The lowest BCUT2D eigenvalue weighted by Crippen LogP contribution is -2.40. The van der Waals surface area contributed by atoms with E-state index in [1.165, 1.54) is 0 Å². The fourth-order valence-corrected chi connectivity index (χ4v) is 1.07. The maximum absolute atomic E-state index is 11.5. The number of furan rings is 1. The van der Waals surface area contributed by atoms with Gasteiger partial charge in [-0.3, -0.25) is 0 Å². The largest absolute Gasteiger partial charge is 0.467 e. The lowest BCUT2D eigenvalue weighted by atomic mass is 10.4. The summed E-state index contributed by atoms with van der Waals surface area (Å²) in [6.45, 7) is 4.35. The molecule has 0 fully saturated rings. The molecule has 1 aromatic rings. The Labute approximate surface area is 83.9 Å². The standard InChI is InChI=1S/C10H16N2O2/c1-8(2)11-10(13)12(3)7-9-5-4-6-14-9/h4-6,8H,7H2,1-3H3,(H,11,13). The normalized spacial score (nSPS) is 10.3. The molecule has 4 nitrogen and oxygen atoms in total. The van der Waals surface area contributed by atoms with Crippen molar-refractivity contribution in [3.05, 3.63) is 24.2 Å². The first-order valence-corrected chi connectivity index (χ1v) is 4.63. The van der Waals surface area contributed by atoms with E-state index in [0.717, 1.165) is 5.76 Å². The molecule has 0 unspecified atom stereocenters. The Morgan fingerprint density at radius 1 is 1.64 bits per heavy atom. The van der Waals surface area contributed by atoms with Gasteiger partial charge in [-0.2, -0.15) is 0 Å². The van der Waals surface area contributed by atoms with Gasteiger partial charge in [0.2, 0.25) is 0 Å². The molecule has 0 atom stereocenters. The van der Waals surface area contributed by atoms with Crippen LogP contribution < -0.4 is 5.32 Å². The van der Waals surface area contributed by atoms with Crippen LogP contribution in [0.3, 0.4) is 0 Å². The van der Waals surface area contributed by atoms with Gasteiger partial charge in [-0.25, -0.2) is 4.79 Å². The molecule has 2 amide bonds. The summed E-state index contributed by atoms with van der Waals surface area (Å²) in [6, 6.07) is 3.72. The molecule has 0 saturated heterocycles. The summed E-state index contributed by atoms with van der Waals surface area (Å²) in [4.78, 5) is 13.0. The van der Waals surface area contributed by atoms with Crippen molar-refractivity contribution in [1.29, 1.82) is 0 Å². The molecule has 78 valence electrons. The number of nitrogens with zero attached hydrogens (tertiary/aromatic N) is 1. The van der Waals surface area contributed by atoms with Crippen LogP contribution in [0.4, 0.5) is 4.79 Å². The van der Waals surface area contributed by atoms with Crippen LogP contribution in [0.5, 0.6) is 0 Å². The Hall–Kier alpha value is -1.45. The number of hydrogen-bond donors (Lipinski definition) is 1. The summed E-state index contributed by atoms with van der Waals surface area (Å²) in [5.41, 5.74) is 0. The van der Waals surface area contributed by atoms with Crippen molar-refractivity contribution in [3.63, 3.8) is 0 Å². The first-order chi connectivity index (χ1) is 6.59. The van der Waals surface area contributed by atoms with E-state index >= 15 is 0 Å². The van der Waals surface area contributed by atoms with E-state index in [1.807, 2.05) is 26.0 Å². The molecule has 1 rings (SSSR count). The lowest BCUT2D eigenvalue weighted by Gasteiger charge is -2.18. The van der Waals surface area contributed by atoms with Crippen LogP contribution in [0.2, 0.25) is 0 Å². The highest BCUT2D eigenvalue weighted by atomic mass is 16.3. The lowest BCUT2D eigenvalue weighted by molar-refractivity contribution is 0.200. The van der Waals surface area contributed by atoms with Crippen molar-refractivity contribution in [2.45, 2.75) is 26.4 Å². The van der Waals surface area contributed by atoms with E-state index in [9.17, 15) is 4.79 Å². The summed E-state index contributed by atoms with van der Waals surface area (Å²) in [5, 5.41) is 2.80. The predicted molar refractivity (Wildman–Crippen MR) is 53.8 cm³/mol. The number of carbonyl (C=O) groups is 1. The average Bonchev–Trinajstić information content (AvgIpc) is 2.55. The molecule has 0 aliphatic carbocycles. The summed E-state index contributed by atoms with van der Waals surface area (Å²) in [7, 11) is 1.74. The number of amides is 2. The SMILES string of the molecule is CC(C)NC(=O)N(C)Cc1ccco1. The Bertz CT molecular complexity index is 280. The molecule has 0 saturated carbocycles. The minimum atomic E-state index is -0.0867. The second-order valence-corrected chi connectivity index (χ2v) is 3.54. The van der Waals surface area contributed by atoms with Crippen LogP contribution in [-0.2, 0) is 6.54 Å². The van der Waals surface area contributed by atoms with Gasteiger partial charge in [-0.15, -0.1) is 0 Å². The Morgan fingerprint density at radius 2 is 2.36 bits per heavy atom. The minimum Gasteiger partial charge on any atom is -0.467 e. The molecule has 1 heterocycles. The molecule has 0 aliphatic heterocycles. The molecular weight excluding hydrogens is 180 g/mol. The molecule has 1 aromatic heterocycles. The number of carbonyl (C=O) groups excluding carboxylic acids is 1. The van der Waals surface area contributed by atoms with E-state index in [2.05, 4.69) is 5.32 Å². The number of nitrogens with one attached hydrogen (secondary N) is 1. The van der Waals surface area contributed by atoms with Crippen molar-refractivity contribution >= 4 is 6.03 Å². The predicted octanol–water partition coefficient (Wildman–Crippen LogP) is 1.83. The van der Waals surface area contributed by atoms with Gasteiger partial charge in [-0.1, -0.05) is 0 Å². The van der Waals surface area contributed by atoms with Crippen molar-refractivity contribution in [2.75, 3.05) is 7.05 Å². The van der Waals surface area contributed by atoms with Gasteiger partial charge < -0.3 is 14.6 Å². The molecular formula is C10H16N2O2. The highest BCUT2D eigenvalue weighted by molar-refractivity contribution is 5.74. The third kappa shape index (κ3) is 3.12. The van der Waals surface area contributed by atoms with Crippen LogP contribution in [-0.4, -0.2) is 24.0 Å². The molecule has 0 aliphatic rings. The zero-order valence-corrected chi connectivity index (χ0v) is 8.78. The monoisotopic (exact) mass is 196 g/mol. The average molecular weight is 196 g/mol. The van der Waals surface area contributed by atoms with Crippen LogP contribution in [0.1, 0.15) is 19.6 Å². The Balaban J connectivity index is 2.42. The zero-order valence-electron chi connectivity index (χ0n) is 8.78. The Kier molecular flexibility index (Phi) is 3.56. The van der Waals surface area contributed by atoms with Gasteiger partial charge >= 0.3 is 6.03 Å². The minimum absolute atomic E-state index is 0.0867. The number of urea groups is 1. The van der Waals surface area contributed by atoms with E-state index in [0.29, 0.717) is 6.54 Å². The molecule has 0 spiro atoms. The number of hydrogen-bond acceptors (Lipinski definition) is 2. The quantitative estimate of drug-likeness (QED) is 0.801. The molecule has 1 N–H and O–H groups in total. The molecule has 0 radical (unpaired) electrons. The van der Waals surface area contributed by atoms with Crippen molar-refractivity contribution in [3.8, 4) is 0 Å². The fraction of sp³-hybridized carbons (Fsp3) is 0.500. The molecule has 0 bridgehead atoms. The van der Waals surface area contributed by atoms with Gasteiger partial charge in [0, 0.05) is 13.1 Å². The second-order valence-electron chi connectivity index (χ2n) is 3.54. The molecule has 0 aromatic carbocycles. The number of rotatable bonds is 3. The first-order valence-electron chi connectivity index (χ1n) is 4.63. The summed E-state index contributed by atoms with van der Waals surface area (Å²) in [5.74, 6) is 0.784. The van der Waals surface area contributed by atoms with Gasteiger partial charge in [0.25, 0.3) is 0 Å². The maximum atomic E-state index is 11.5. The summed E-state index contributed by atoms with van der Waals surface area (Å²) >= 11 is 0. The first kappa shape index (κ1) is 10.6. The van der Waals surface area contributed by atoms with Crippen molar-refractivity contribution in [2.24, 2.45) is 0 Å². The maximum Gasteiger partial charge on any atom is 0.317 e. The third-order valence-corrected chi connectivity index (χ3v) is 1.73.